The lowest BCUT2D eigenvalue weighted by molar-refractivity contribution is -0.122. The Morgan fingerprint density at radius 2 is 2.13 bits per heavy atom. The fourth-order valence-electron chi connectivity index (χ4n) is 5.01. The van der Waals surface area contributed by atoms with Crippen molar-refractivity contribution >= 4 is 16.8 Å². The predicted octanol–water partition coefficient (Wildman–Crippen LogP) is 3.89. The third kappa shape index (κ3) is 2.66. The lowest BCUT2D eigenvalue weighted by atomic mass is 9.84. The molecule has 23 heavy (non-hydrogen) atoms. The minimum atomic E-state index is 0.143. The second-order valence-corrected chi connectivity index (χ2v) is 7.63. The Morgan fingerprint density at radius 3 is 2.87 bits per heavy atom. The molecule has 0 spiro atoms. The van der Waals surface area contributed by atoms with Crippen LogP contribution in [-0.2, 0) is 11.3 Å². The van der Waals surface area contributed by atoms with Gasteiger partial charge < -0.3 is 9.88 Å². The van der Waals surface area contributed by atoms with Gasteiger partial charge in [-0.25, -0.2) is 0 Å². The first-order valence-corrected chi connectivity index (χ1v) is 8.96. The molecule has 1 heterocycles. The maximum Gasteiger partial charge on any atom is 0.240 e. The average Bonchev–Trinajstić information content (AvgIpc) is 3.22. The summed E-state index contributed by atoms with van der Waals surface area (Å²) in [6.45, 7) is 4.70. The molecule has 2 aromatic rings. The van der Waals surface area contributed by atoms with Crippen molar-refractivity contribution in [2.75, 3.05) is 0 Å². The molecule has 1 N–H and O–H groups in total. The zero-order chi connectivity index (χ0) is 16.0. The zero-order valence-corrected chi connectivity index (χ0v) is 14.1. The number of para-hydroxylation sites is 1. The number of benzene rings is 1. The maximum atomic E-state index is 12.5. The number of hydrogen-bond donors (Lipinski definition) is 1. The molecule has 0 radical (unpaired) electrons. The summed E-state index contributed by atoms with van der Waals surface area (Å²) in [6, 6.07) is 10.7. The second-order valence-electron chi connectivity index (χ2n) is 7.63. The van der Waals surface area contributed by atoms with Gasteiger partial charge >= 0.3 is 0 Å². The van der Waals surface area contributed by atoms with Crippen LogP contribution in [0.1, 0.15) is 38.3 Å². The highest BCUT2D eigenvalue weighted by Gasteiger charge is 2.42. The van der Waals surface area contributed by atoms with Crippen molar-refractivity contribution in [3.05, 3.63) is 36.0 Å². The summed E-state index contributed by atoms with van der Waals surface area (Å²) in [7, 11) is 0. The molecule has 2 saturated carbocycles. The van der Waals surface area contributed by atoms with Gasteiger partial charge in [-0.2, -0.15) is 0 Å². The Labute approximate surface area is 138 Å². The molecule has 1 amide bonds. The summed E-state index contributed by atoms with van der Waals surface area (Å²) in [6.07, 6.45) is 5.50. The lowest BCUT2D eigenvalue weighted by Gasteiger charge is -2.28. The van der Waals surface area contributed by atoms with Crippen molar-refractivity contribution in [1.82, 2.24) is 9.88 Å². The first-order valence-electron chi connectivity index (χ1n) is 8.96. The van der Waals surface area contributed by atoms with E-state index in [1.54, 1.807) is 0 Å². The van der Waals surface area contributed by atoms with Crippen molar-refractivity contribution in [3.8, 4) is 0 Å². The van der Waals surface area contributed by atoms with Gasteiger partial charge in [0.2, 0.25) is 5.91 Å². The van der Waals surface area contributed by atoms with E-state index in [9.17, 15) is 4.79 Å². The first-order chi connectivity index (χ1) is 11.1. The van der Waals surface area contributed by atoms with Gasteiger partial charge in [-0.05, 0) is 68.4 Å². The standard InChI is InChI=1S/C20H26N2O/c1-13-9-17-5-3-4-6-19(17)22(13)12-20(23)21-14(2)18-11-15-7-8-16(18)10-15/h3-6,9,14-16,18H,7-8,10-12H2,1-2H3,(H,21,23). The summed E-state index contributed by atoms with van der Waals surface area (Å²) < 4.78 is 2.12. The first kappa shape index (κ1) is 14.8. The van der Waals surface area contributed by atoms with E-state index in [0.717, 1.165) is 23.0 Å². The van der Waals surface area contributed by atoms with Crippen LogP contribution in [0, 0.1) is 24.7 Å². The molecule has 2 fully saturated rings. The molecular weight excluding hydrogens is 284 g/mol. The van der Waals surface area contributed by atoms with Crippen molar-refractivity contribution < 1.29 is 4.79 Å². The molecule has 2 bridgehead atoms. The number of hydrogen-bond acceptors (Lipinski definition) is 1. The van der Waals surface area contributed by atoms with Gasteiger partial charge in [-0.1, -0.05) is 24.6 Å². The molecular formula is C20H26N2O. The summed E-state index contributed by atoms with van der Waals surface area (Å²) in [5.41, 5.74) is 2.29. The van der Waals surface area contributed by atoms with Gasteiger partial charge in [0.05, 0.1) is 0 Å². The van der Waals surface area contributed by atoms with E-state index < -0.39 is 0 Å². The van der Waals surface area contributed by atoms with Crippen LogP contribution in [0.5, 0.6) is 0 Å². The van der Waals surface area contributed by atoms with Crippen LogP contribution in [0.3, 0.4) is 0 Å². The number of aromatic nitrogens is 1. The Hall–Kier alpha value is -1.77. The van der Waals surface area contributed by atoms with Crippen LogP contribution >= 0.6 is 0 Å². The SMILES string of the molecule is Cc1cc2ccccc2n1CC(=O)NC(C)C1CC2CCC1C2. The molecule has 3 heteroatoms. The van der Waals surface area contributed by atoms with E-state index in [-0.39, 0.29) is 5.91 Å². The van der Waals surface area contributed by atoms with E-state index >= 15 is 0 Å². The van der Waals surface area contributed by atoms with Gasteiger partial charge in [0.15, 0.2) is 0 Å². The molecule has 1 aromatic heterocycles. The van der Waals surface area contributed by atoms with Crippen LogP contribution in [0.4, 0.5) is 0 Å². The Balaban J connectivity index is 1.44. The van der Waals surface area contributed by atoms with E-state index in [0.29, 0.717) is 18.5 Å². The van der Waals surface area contributed by atoms with Gasteiger partial charge in [-0.15, -0.1) is 0 Å². The van der Waals surface area contributed by atoms with Crippen molar-refractivity contribution in [1.29, 1.82) is 0 Å². The fraction of sp³-hybridized carbons (Fsp3) is 0.550. The molecule has 2 aliphatic rings. The van der Waals surface area contributed by atoms with Gasteiger partial charge in [0, 0.05) is 17.3 Å². The number of carbonyl (C=O) groups excluding carboxylic acids is 1. The zero-order valence-electron chi connectivity index (χ0n) is 14.1. The number of aryl methyl sites for hydroxylation is 1. The predicted molar refractivity (Wildman–Crippen MR) is 93.2 cm³/mol. The van der Waals surface area contributed by atoms with E-state index in [1.165, 1.54) is 31.1 Å². The topological polar surface area (TPSA) is 34.0 Å². The number of nitrogens with one attached hydrogen (secondary N) is 1. The number of rotatable bonds is 4. The highest BCUT2D eigenvalue weighted by molar-refractivity contribution is 5.84. The maximum absolute atomic E-state index is 12.5. The molecule has 2 aliphatic carbocycles. The Bertz CT molecular complexity index is 732. The van der Waals surface area contributed by atoms with Crippen LogP contribution in [0.25, 0.3) is 10.9 Å². The monoisotopic (exact) mass is 310 g/mol. The molecule has 4 rings (SSSR count). The van der Waals surface area contributed by atoms with Crippen molar-refractivity contribution in [3.63, 3.8) is 0 Å². The van der Waals surface area contributed by atoms with Crippen molar-refractivity contribution in [2.45, 2.75) is 52.1 Å². The number of carbonyl (C=O) groups is 1. The number of amides is 1. The van der Waals surface area contributed by atoms with Crippen molar-refractivity contribution in [2.24, 2.45) is 17.8 Å². The largest absolute Gasteiger partial charge is 0.352 e. The Kier molecular flexibility index (Phi) is 3.67. The molecule has 0 saturated heterocycles. The molecule has 3 nitrogen and oxygen atoms in total. The number of nitrogens with zero attached hydrogens (tertiary/aromatic N) is 1. The smallest absolute Gasteiger partial charge is 0.240 e. The quantitative estimate of drug-likeness (QED) is 0.913. The third-order valence-electron chi connectivity index (χ3n) is 6.14. The number of fused-ring (bicyclic) bond motifs is 3. The van der Waals surface area contributed by atoms with Crippen LogP contribution in [-0.4, -0.2) is 16.5 Å². The second kappa shape index (κ2) is 5.70. The molecule has 4 unspecified atom stereocenters. The highest BCUT2D eigenvalue weighted by atomic mass is 16.2. The molecule has 1 aromatic carbocycles. The van der Waals surface area contributed by atoms with E-state index in [1.807, 2.05) is 12.1 Å². The fourth-order valence-corrected chi connectivity index (χ4v) is 5.01. The average molecular weight is 310 g/mol. The minimum Gasteiger partial charge on any atom is -0.352 e. The molecule has 4 atom stereocenters. The third-order valence-corrected chi connectivity index (χ3v) is 6.14. The highest BCUT2D eigenvalue weighted by Crippen LogP contribution is 2.49. The summed E-state index contributed by atoms with van der Waals surface area (Å²) in [4.78, 5) is 12.5. The Morgan fingerprint density at radius 1 is 1.30 bits per heavy atom. The van der Waals surface area contributed by atoms with Gasteiger partial charge in [0.1, 0.15) is 6.54 Å². The lowest BCUT2D eigenvalue weighted by Crippen LogP contribution is -2.41. The summed E-state index contributed by atoms with van der Waals surface area (Å²) >= 11 is 0. The summed E-state index contributed by atoms with van der Waals surface area (Å²) in [5.74, 6) is 2.62. The van der Waals surface area contributed by atoms with E-state index in [4.69, 9.17) is 0 Å². The normalized spacial score (nSPS) is 27.5. The van der Waals surface area contributed by atoms with Crippen LogP contribution < -0.4 is 5.32 Å². The van der Waals surface area contributed by atoms with Crippen LogP contribution in [0.15, 0.2) is 30.3 Å². The van der Waals surface area contributed by atoms with Gasteiger partial charge in [-0.3, -0.25) is 4.79 Å². The molecule has 122 valence electrons. The molecule has 0 aliphatic heterocycles. The summed E-state index contributed by atoms with van der Waals surface area (Å²) in [5, 5.41) is 4.48. The van der Waals surface area contributed by atoms with Crippen LogP contribution in [0.2, 0.25) is 0 Å². The van der Waals surface area contributed by atoms with Gasteiger partial charge in [0.25, 0.3) is 0 Å². The van der Waals surface area contributed by atoms with E-state index in [2.05, 4.69) is 41.9 Å². The minimum absolute atomic E-state index is 0.143.